The van der Waals surface area contributed by atoms with E-state index in [0.29, 0.717) is 12.2 Å². The molecule has 4 nitrogen and oxygen atoms in total. The third-order valence-corrected chi connectivity index (χ3v) is 3.29. The van der Waals surface area contributed by atoms with Gasteiger partial charge in [0.15, 0.2) is 0 Å². The Morgan fingerprint density at radius 2 is 1.95 bits per heavy atom. The van der Waals surface area contributed by atoms with E-state index in [1.54, 1.807) is 24.3 Å². The van der Waals surface area contributed by atoms with Crippen LogP contribution in [0.25, 0.3) is 0 Å². The molecule has 0 amide bonds. The maximum atomic E-state index is 10.9. The first-order chi connectivity index (χ1) is 9.25. The van der Waals surface area contributed by atoms with Gasteiger partial charge in [0.05, 0.1) is 19.8 Å². The molecule has 0 atom stereocenters. The molecule has 1 aliphatic rings. The summed E-state index contributed by atoms with van der Waals surface area (Å²) in [6.07, 6.45) is 0.982. The van der Waals surface area contributed by atoms with Crippen LogP contribution < -0.4 is 4.74 Å². The highest BCUT2D eigenvalue weighted by Gasteiger charge is 2.09. The van der Waals surface area contributed by atoms with Gasteiger partial charge in [0.25, 0.3) is 5.24 Å². The first kappa shape index (κ1) is 14.3. The molecule has 5 heteroatoms. The minimum Gasteiger partial charge on any atom is -0.494 e. The lowest BCUT2D eigenvalue weighted by Crippen LogP contribution is -2.37. The van der Waals surface area contributed by atoms with Crippen LogP contribution in [-0.4, -0.2) is 49.6 Å². The van der Waals surface area contributed by atoms with Gasteiger partial charge in [0.2, 0.25) is 0 Å². The first-order valence-electron chi connectivity index (χ1n) is 6.48. The molecule has 0 N–H and O–H groups in total. The van der Waals surface area contributed by atoms with Crippen LogP contribution in [0, 0.1) is 0 Å². The fourth-order valence-electron chi connectivity index (χ4n) is 1.99. The quantitative estimate of drug-likeness (QED) is 0.592. The molecule has 0 unspecified atom stereocenters. The van der Waals surface area contributed by atoms with Gasteiger partial charge in [0.1, 0.15) is 5.75 Å². The van der Waals surface area contributed by atoms with Crippen LogP contribution in [0.5, 0.6) is 5.75 Å². The van der Waals surface area contributed by atoms with Gasteiger partial charge < -0.3 is 9.47 Å². The topological polar surface area (TPSA) is 38.8 Å². The summed E-state index contributed by atoms with van der Waals surface area (Å²) in [5, 5.41) is -0.445. The summed E-state index contributed by atoms with van der Waals surface area (Å²) in [7, 11) is 0. The number of carbonyl (C=O) groups is 1. The molecule has 0 spiro atoms. The van der Waals surface area contributed by atoms with Crippen LogP contribution in [0.1, 0.15) is 16.8 Å². The first-order valence-corrected chi connectivity index (χ1v) is 6.86. The molecule has 2 rings (SSSR count). The lowest BCUT2D eigenvalue weighted by Gasteiger charge is -2.26. The average molecular weight is 284 g/mol. The van der Waals surface area contributed by atoms with Crippen LogP contribution in [0.15, 0.2) is 24.3 Å². The summed E-state index contributed by atoms with van der Waals surface area (Å²) in [6, 6.07) is 6.88. The third-order valence-electron chi connectivity index (χ3n) is 3.07. The van der Waals surface area contributed by atoms with Gasteiger partial charge in [-0.05, 0) is 42.3 Å². The van der Waals surface area contributed by atoms with Crippen molar-refractivity contribution in [2.75, 3.05) is 39.5 Å². The summed E-state index contributed by atoms with van der Waals surface area (Å²) in [5.74, 6) is 0.767. The SMILES string of the molecule is O=C(Cl)c1ccc(OCCCN2CCOCC2)cc1. The molecule has 1 aromatic carbocycles. The van der Waals surface area contributed by atoms with E-state index in [1.807, 2.05) is 0 Å². The van der Waals surface area contributed by atoms with Crippen LogP contribution >= 0.6 is 11.6 Å². The van der Waals surface area contributed by atoms with Gasteiger partial charge in [-0.3, -0.25) is 9.69 Å². The number of hydrogen-bond donors (Lipinski definition) is 0. The molecule has 1 fully saturated rings. The Kier molecular flexibility index (Phi) is 5.63. The fourth-order valence-corrected chi connectivity index (χ4v) is 2.11. The number of hydrogen-bond acceptors (Lipinski definition) is 4. The maximum absolute atomic E-state index is 10.9. The smallest absolute Gasteiger partial charge is 0.252 e. The van der Waals surface area contributed by atoms with Gasteiger partial charge in [-0.2, -0.15) is 0 Å². The molecule has 1 saturated heterocycles. The number of ether oxygens (including phenoxy) is 2. The van der Waals surface area contributed by atoms with Crippen molar-refractivity contribution >= 4 is 16.8 Å². The number of morpholine rings is 1. The summed E-state index contributed by atoms with van der Waals surface area (Å²) in [6.45, 7) is 5.37. The molecule has 0 bridgehead atoms. The number of carbonyl (C=O) groups excluding carboxylic acids is 1. The van der Waals surface area contributed by atoms with Crippen LogP contribution in [0.2, 0.25) is 0 Å². The Morgan fingerprint density at radius 3 is 2.58 bits per heavy atom. The van der Waals surface area contributed by atoms with Crippen LogP contribution in [-0.2, 0) is 4.74 Å². The zero-order chi connectivity index (χ0) is 13.5. The van der Waals surface area contributed by atoms with Crippen molar-refractivity contribution in [1.29, 1.82) is 0 Å². The normalized spacial score (nSPS) is 16.3. The van der Waals surface area contributed by atoms with E-state index < -0.39 is 5.24 Å². The van der Waals surface area contributed by atoms with E-state index in [-0.39, 0.29) is 0 Å². The van der Waals surface area contributed by atoms with Crippen molar-refractivity contribution < 1.29 is 14.3 Å². The highest BCUT2D eigenvalue weighted by molar-refractivity contribution is 6.67. The van der Waals surface area contributed by atoms with E-state index in [0.717, 1.165) is 45.0 Å². The van der Waals surface area contributed by atoms with Gasteiger partial charge in [0, 0.05) is 25.2 Å². The minimum absolute atomic E-state index is 0.445. The summed E-state index contributed by atoms with van der Waals surface area (Å²) in [5.41, 5.74) is 0.488. The number of rotatable bonds is 6. The lowest BCUT2D eigenvalue weighted by atomic mass is 10.2. The van der Waals surface area contributed by atoms with E-state index >= 15 is 0 Å². The van der Waals surface area contributed by atoms with E-state index in [9.17, 15) is 4.79 Å². The summed E-state index contributed by atoms with van der Waals surface area (Å²) >= 11 is 5.37. The second-order valence-corrected chi connectivity index (χ2v) is 4.80. The highest BCUT2D eigenvalue weighted by atomic mass is 35.5. The molecule has 1 heterocycles. The van der Waals surface area contributed by atoms with Crippen LogP contribution in [0.4, 0.5) is 0 Å². The molecule has 104 valence electrons. The number of benzene rings is 1. The highest BCUT2D eigenvalue weighted by Crippen LogP contribution is 2.13. The average Bonchev–Trinajstić information content (AvgIpc) is 2.45. The zero-order valence-electron chi connectivity index (χ0n) is 10.8. The number of nitrogens with zero attached hydrogens (tertiary/aromatic N) is 1. The van der Waals surface area contributed by atoms with Gasteiger partial charge >= 0.3 is 0 Å². The van der Waals surface area contributed by atoms with Crippen molar-refractivity contribution in [3.63, 3.8) is 0 Å². The summed E-state index contributed by atoms with van der Waals surface area (Å²) in [4.78, 5) is 13.3. The number of halogens is 1. The van der Waals surface area contributed by atoms with Crippen molar-refractivity contribution in [3.05, 3.63) is 29.8 Å². The van der Waals surface area contributed by atoms with Crippen molar-refractivity contribution in [1.82, 2.24) is 4.90 Å². The Morgan fingerprint density at radius 1 is 1.26 bits per heavy atom. The largest absolute Gasteiger partial charge is 0.494 e. The predicted octanol–water partition coefficient (Wildman–Crippen LogP) is 2.17. The Hall–Kier alpha value is -1.10. The lowest BCUT2D eigenvalue weighted by molar-refractivity contribution is 0.0358. The van der Waals surface area contributed by atoms with Crippen molar-refractivity contribution in [3.8, 4) is 5.75 Å². The minimum atomic E-state index is -0.445. The predicted molar refractivity (Wildman–Crippen MR) is 74.0 cm³/mol. The molecule has 0 radical (unpaired) electrons. The Bertz CT molecular complexity index is 402. The standard InChI is InChI=1S/C14H18ClNO3/c15-14(17)12-2-4-13(5-3-12)19-9-1-6-16-7-10-18-11-8-16/h2-5H,1,6-11H2. The Balaban J connectivity index is 1.66. The van der Waals surface area contributed by atoms with Crippen LogP contribution in [0.3, 0.4) is 0 Å². The molecule has 0 aromatic heterocycles. The monoisotopic (exact) mass is 283 g/mol. The van der Waals surface area contributed by atoms with Gasteiger partial charge in [-0.15, -0.1) is 0 Å². The van der Waals surface area contributed by atoms with E-state index in [1.165, 1.54) is 0 Å². The third kappa shape index (κ3) is 4.82. The Labute approximate surface area is 118 Å². The van der Waals surface area contributed by atoms with Crippen molar-refractivity contribution in [2.24, 2.45) is 0 Å². The van der Waals surface area contributed by atoms with Gasteiger partial charge in [-0.25, -0.2) is 0 Å². The molecular weight excluding hydrogens is 266 g/mol. The van der Waals surface area contributed by atoms with Gasteiger partial charge in [-0.1, -0.05) is 0 Å². The molecular formula is C14H18ClNO3. The molecule has 1 aromatic rings. The molecule has 19 heavy (non-hydrogen) atoms. The van der Waals surface area contributed by atoms with E-state index in [4.69, 9.17) is 21.1 Å². The fraction of sp³-hybridized carbons (Fsp3) is 0.500. The molecule has 0 saturated carbocycles. The molecule has 1 aliphatic heterocycles. The maximum Gasteiger partial charge on any atom is 0.252 e. The van der Waals surface area contributed by atoms with Crippen molar-refractivity contribution in [2.45, 2.75) is 6.42 Å². The van der Waals surface area contributed by atoms with E-state index in [2.05, 4.69) is 4.90 Å². The molecule has 0 aliphatic carbocycles. The second-order valence-electron chi connectivity index (χ2n) is 4.45. The summed E-state index contributed by atoms with van der Waals surface area (Å²) < 4.78 is 10.9. The zero-order valence-corrected chi connectivity index (χ0v) is 11.6. The second kappa shape index (κ2) is 7.48.